The van der Waals surface area contributed by atoms with Crippen molar-refractivity contribution < 1.29 is 4.52 Å². The zero-order chi connectivity index (χ0) is 15.0. The lowest BCUT2D eigenvalue weighted by Gasteiger charge is -2.06. The van der Waals surface area contributed by atoms with Crippen LogP contribution in [-0.4, -0.2) is 5.16 Å². The molecule has 0 fully saturated rings. The summed E-state index contributed by atoms with van der Waals surface area (Å²) in [5.41, 5.74) is 9.44. The Balaban J connectivity index is 2.22. The van der Waals surface area contributed by atoms with Crippen molar-refractivity contribution in [3.8, 4) is 22.5 Å². The van der Waals surface area contributed by atoms with Crippen molar-refractivity contribution in [2.45, 2.75) is 6.92 Å². The standard InChI is InChI=1S/C16H12BrClN2O/c1-9-3-2-4-12(14(9)18)15-13(16(19)20-21-15)10-5-7-11(17)8-6-10/h2-8H,1H3,(H2,19,20). The minimum absolute atomic E-state index is 0.352. The molecule has 106 valence electrons. The van der Waals surface area contributed by atoms with E-state index < -0.39 is 0 Å². The summed E-state index contributed by atoms with van der Waals surface area (Å²) in [6.45, 7) is 1.95. The number of nitrogens with two attached hydrogens (primary N) is 1. The van der Waals surface area contributed by atoms with Gasteiger partial charge in [-0.15, -0.1) is 0 Å². The van der Waals surface area contributed by atoms with Crippen LogP contribution in [0.15, 0.2) is 51.5 Å². The van der Waals surface area contributed by atoms with E-state index in [4.69, 9.17) is 21.9 Å². The van der Waals surface area contributed by atoms with E-state index in [2.05, 4.69) is 21.1 Å². The molecule has 0 spiro atoms. The maximum atomic E-state index is 6.39. The predicted molar refractivity (Wildman–Crippen MR) is 89.2 cm³/mol. The molecule has 0 saturated carbocycles. The van der Waals surface area contributed by atoms with Crippen molar-refractivity contribution in [3.05, 3.63) is 57.5 Å². The molecular weight excluding hydrogens is 352 g/mol. The number of nitrogen functional groups attached to an aromatic ring is 1. The van der Waals surface area contributed by atoms with Crippen LogP contribution >= 0.6 is 27.5 Å². The van der Waals surface area contributed by atoms with E-state index in [0.29, 0.717) is 16.6 Å². The van der Waals surface area contributed by atoms with Crippen LogP contribution in [0.2, 0.25) is 5.02 Å². The van der Waals surface area contributed by atoms with Crippen molar-refractivity contribution in [1.29, 1.82) is 0 Å². The molecule has 0 radical (unpaired) electrons. The van der Waals surface area contributed by atoms with E-state index in [-0.39, 0.29) is 0 Å². The lowest BCUT2D eigenvalue weighted by Crippen LogP contribution is -1.89. The van der Waals surface area contributed by atoms with Gasteiger partial charge in [-0.2, -0.15) is 0 Å². The number of anilines is 1. The minimum atomic E-state index is 0.352. The number of nitrogens with zero attached hydrogens (tertiary/aromatic N) is 1. The van der Waals surface area contributed by atoms with Crippen molar-refractivity contribution in [3.63, 3.8) is 0 Å². The number of rotatable bonds is 2. The molecule has 0 aliphatic carbocycles. The Morgan fingerprint density at radius 2 is 1.86 bits per heavy atom. The molecule has 0 aliphatic rings. The van der Waals surface area contributed by atoms with Gasteiger partial charge in [0.25, 0.3) is 0 Å². The van der Waals surface area contributed by atoms with E-state index in [1.807, 2.05) is 49.4 Å². The molecule has 0 saturated heterocycles. The van der Waals surface area contributed by atoms with Gasteiger partial charge in [-0.3, -0.25) is 0 Å². The van der Waals surface area contributed by atoms with Crippen LogP contribution in [0.3, 0.4) is 0 Å². The Labute approximate surface area is 135 Å². The molecule has 5 heteroatoms. The highest BCUT2D eigenvalue weighted by molar-refractivity contribution is 9.10. The van der Waals surface area contributed by atoms with Crippen LogP contribution in [0.1, 0.15) is 5.56 Å². The number of hydrogen-bond acceptors (Lipinski definition) is 3. The third-order valence-corrected chi connectivity index (χ3v) is 4.32. The lowest BCUT2D eigenvalue weighted by atomic mass is 10.0. The second-order valence-electron chi connectivity index (χ2n) is 4.72. The fourth-order valence-electron chi connectivity index (χ4n) is 2.20. The molecular formula is C16H12BrClN2O. The first-order valence-corrected chi connectivity index (χ1v) is 7.51. The number of benzene rings is 2. The molecule has 0 bridgehead atoms. The second-order valence-corrected chi connectivity index (χ2v) is 6.01. The van der Waals surface area contributed by atoms with Gasteiger partial charge in [-0.05, 0) is 36.2 Å². The van der Waals surface area contributed by atoms with Gasteiger partial charge in [0.1, 0.15) is 0 Å². The quantitative estimate of drug-likeness (QED) is 0.671. The number of hydrogen-bond donors (Lipinski definition) is 1. The summed E-state index contributed by atoms with van der Waals surface area (Å²) in [5, 5.41) is 4.54. The van der Waals surface area contributed by atoms with Gasteiger partial charge >= 0.3 is 0 Å². The maximum Gasteiger partial charge on any atom is 0.178 e. The summed E-state index contributed by atoms with van der Waals surface area (Å²) in [4.78, 5) is 0. The molecule has 21 heavy (non-hydrogen) atoms. The van der Waals surface area contributed by atoms with E-state index in [9.17, 15) is 0 Å². The molecule has 3 nitrogen and oxygen atoms in total. The van der Waals surface area contributed by atoms with E-state index in [0.717, 1.165) is 26.7 Å². The number of halogens is 2. The van der Waals surface area contributed by atoms with Crippen molar-refractivity contribution >= 4 is 33.3 Å². The number of aromatic nitrogens is 1. The van der Waals surface area contributed by atoms with Gasteiger partial charge in [0, 0.05) is 10.0 Å². The molecule has 3 aromatic rings. The third kappa shape index (κ3) is 2.57. The Hall–Kier alpha value is -1.78. The van der Waals surface area contributed by atoms with Crippen LogP contribution in [0.5, 0.6) is 0 Å². The molecule has 0 aliphatic heterocycles. The van der Waals surface area contributed by atoms with Gasteiger partial charge in [0.2, 0.25) is 0 Å². The minimum Gasteiger partial charge on any atom is -0.380 e. The topological polar surface area (TPSA) is 52.0 Å². The van der Waals surface area contributed by atoms with Gasteiger partial charge < -0.3 is 10.3 Å². The van der Waals surface area contributed by atoms with Crippen molar-refractivity contribution in [1.82, 2.24) is 5.16 Å². The first-order chi connectivity index (χ1) is 10.1. The first kappa shape index (κ1) is 14.2. The summed E-state index contributed by atoms with van der Waals surface area (Å²) >= 11 is 9.81. The van der Waals surface area contributed by atoms with Crippen LogP contribution in [-0.2, 0) is 0 Å². The fourth-order valence-corrected chi connectivity index (χ4v) is 2.68. The molecule has 0 unspecified atom stereocenters. The zero-order valence-corrected chi connectivity index (χ0v) is 13.6. The largest absolute Gasteiger partial charge is 0.380 e. The zero-order valence-electron chi connectivity index (χ0n) is 11.2. The molecule has 0 atom stereocenters. The smallest absolute Gasteiger partial charge is 0.178 e. The van der Waals surface area contributed by atoms with Gasteiger partial charge in [0.15, 0.2) is 11.6 Å². The Bertz CT molecular complexity index is 797. The summed E-state index contributed by atoms with van der Waals surface area (Å²) in [6, 6.07) is 13.6. The normalized spacial score (nSPS) is 10.8. The van der Waals surface area contributed by atoms with Crippen LogP contribution in [0.25, 0.3) is 22.5 Å². The summed E-state index contributed by atoms with van der Waals surface area (Å²) in [7, 11) is 0. The molecule has 3 rings (SSSR count). The van der Waals surface area contributed by atoms with E-state index >= 15 is 0 Å². The van der Waals surface area contributed by atoms with E-state index in [1.54, 1.807) is 0 Å². The SMILES string of the molecule is Cc1cccc(-c2onc(N)c2-c2ccc(Br)cc2)c1Cl. The monoisotopic (exact) mass is 362 g/mol. The summed E-state index contributed by atoms with van der Waals surface area (Å²) in [6.07, 6.45) is 0. The average molecular weight is 364 g/mol. The highest BCUT2D eigenvalue weighted by Crippen LogP contribution is 2.40. The molecule has 1 aromatic heterocycles. The first-order valence-electron chi connectivity index (χ1n) is 6.34. The summed E-state index contributed by atoms with van der Waals surface area (Å²) in [5.74, 6) is 0.938. The Morgan fingerprint density at radius 1 is 1.14 bits per heavy atom. The van der Waals surface area contributed by atoms with Crippen LogP contribution < -0.4 is 5.73 Å². The Morgan fingerprint density at radius 3 is 2.57 bits per heavy atom. The lowest BCUT2D eigenvalue weighted by molar-refractivity contribution is 0.436. The number of aryl methyl sites for hydroxylation is 1. The van der Waals surface area contributed by atoms with Crippen molar-refractivity contribution in [2.75, 3.05) is 5.73 Å². The average Bonchev–Trinajstić information content (AvgIpc) is 2.85. The summed E-state index contributed by atoms with van der Waals surface area (Å²) < 4.78 is 6.43. The van der Waals surface area contributed by atoms with E-state index in [1.165, 1.54) is 0 Å². The maximum absolute atomic E-state index is 6.39. The molecule has 2 N–H and O–H groups in total. The van der Waals surface area contributed by atoms with Crippen LogP contribution in [0, 0.1) is 6.92 Å². The Kier molecular flexibility index (Phi) is 3.74. The van der Waals surface area contributed by atoms with Crippen molar-refractivity contribution in [2.24, 2.45) is 0 Å². The second kappa shape index (κ2) is 5.54. The van der Waals surface area contributed by atoms with Gasteiger partial charge in [-0.1, -0.05) is 57.0 Å². The molecule has 2 aromatic carbocycles. The predicted octanol–water partition coefficient (Wildman–Crippen LogP) is 5.32. The highest BCUT2D eigenvalue weighted by Gasteiger charge is 2.20. The highest BCUT2D eigenvalue weighted by atomic mass is 79.9. The molecule has 0 amide bonds. The van der Waals surface area contributed by atoms with Gasteiger partial charge in [0.05, 0.1) is 10.6 Å². The van der Waals surface area contributed by atoms with Crippen LogP contribution in [0.4, 0.5) is 5.82 Å². The third-order valence-electron chi connectivity index (χ3n) is 3.29. The fraction of sp³-hybridized carbons (Fsp3) is 0.0625. The van der Waals surface area contributed by atoms with Gasteiger partial charge in [-0.25, -0.2) is 0 Å². The molecule has 1 heterocycles.